The molecule has 2 aromatic rings. The van der Waals surface area contributed by atoms with E-state index in [1.54, 1.807) is 6.07 Å². The molecule has 2 N–H and O–H groups in total. The van der Waals surface area contributed by atoms with Crippen molar-refractivity contribution in [3.05, 3.63) is 64.7 Å². The average molecular weight is 545 g/mol. The minimum Gasteiger partial charge on any atom is -0.377 e. The number of aliphatic imine (C=N–C) groups is 1. The average Bonchev–Trinajstić information content (AvgIpc) is 2.68. The van der Waals surface area contributed by atoms with Crippen molar-refractivity contribution in [2.24, 2.45) is 4.99 Å². The maximum atomic E-state index is 11.8. The van der Waals surface area contributed by atoms with E-state index in [4.69, 9.17) is 4.74 Å². The molecule has 0 aromatic heterocycles. The molecule has 8 heteroatoms. The second-order valence-corrected chi connectivity index (χ2v) is 8.81. The first-order chi connectivity index (χ1) is 13.8. The zero-order valence-electron chi connectivity index (χ0n) is 18.1. The molecule has 2 aromatic carbocycles. The second-order valence-electron chi connectivity index (χ2n) is 6.83. The maximum absolute atomic E-state index is 11.8. The Morgan fingerprint density at radius 3 is 2.37 bits per heavy atom. The summed E-state index contributed by atoms with van der Waals surface area (Å²) in [6.07, 6.45) is 1.23. The van der Waals surface area contributed by atoms with E-state index < -0.39 is 9.84 Å². The van der Waals surface area contributed by atoms with E-state index in [1.165, 1.54) is 11.8 Å². The van der Waals surface area contributed by atoms with E-state index in [9.17, 15) is 8.42 Å². The molecule has 0 radical (unpaired) electrons. The zero-order valence-corrected chi connectivity index (χ0v) is 21.2. The zero-order chi connectivity index (χ0) is 21.3. The Morgan fingerprint density at radius 1 is 1.07 bits per heavy atom. The largest absolute Gasteiger partial charge is 0.377 e. The van der Waals surface area contributed by atoms with Crippen molar-refractivity contribution in [3.63, 3.8) is 0 Å². The normalized spacial score (nSPS) is 11.7. The SMILES string of the molecule is CCNC(=NCc1ccc(S(C)(=O)=O)c(C)c1)NCc1ccccc1COCC.I. The van der Waals surface area contributed by atoms with Crippen LogP contribution in [0.25, 0.3) is 0 Å². The van der Waals surface area contributed by atoms with Gasteiger partial charge in [0.1, 0.15) is 0 Å². The lowest BCUT2D eigenvalue weighted by Crippen LogP contribution is -2.37. The molecular formula is C22H32IN3O3S. The van der Waals surface area contributed by atoms with Gasteiger partial charge in [0.25, 0.3) is 0 Å². The summed E-state index contributed by atoms with van der Waals surface area (Å²) in [4.78, 5) is 5.00. The number of nitrogens with zero attached hydrogens (tertiary/aromatic N) is 1. The van der Waals surface area contributed by atoms with Crippen molar-refractivity contribution in [3.8, 4) is 0 Å². The monoisotopic (exact) mass is 545 g/mol. The van der Waals surface area contributed by atoms with Crippen LogP contribution in [-0.2, 0) is 34.3 Å². The molecule has 2 rings (SSSR count). The standard InChI is InChI=1S/C22H31N3O3S.HI/c1-5-23-22(25-15-19-9-7-8-10-20(19)16-28-6-2)24-14-18-11-12-21(17(3)13-18)29(4,26)27;/h7-13H,5-6,14-16H2,1-4H3,(H2,23,24,25);1H. The first-order valence-electron chi connectivity index (χ1n) is 9.81. The van der Waals surface area contributed by atoms with E-state index in [-0.39, 0.29) is 24.0 Å². The van der Waals surface area contributed by atoms with Crippen LogP contribution >= 0.6 is 24.0 Å². The number of halogens is 1. The van der Waals surface area contributed by atoms with Gasteiger partial charge in [-0.1, -0.05) is 36.4 Å². The van der Waals surface area contributed by atoms with Gasteiger partial charge in [0, 0.05) is 26.0 Å². The van der Waals surface area contributed by atoms with Crippen molar-refractivity contribution in [1.29, 1.82) is 0 Å². The molecule has 6 nitrogen and oxygen atoms in total. The predicted molar refractivity (Wildman–Crippen MR) is 133 cm³/mol. The lowest BCUT2D eigenvalue weighted by atomic mass is 10.1. The quantitative estimate of drug-likeness (QED) is 0.285. The van der Waals surface area contributed by atoms with Gasteiger partial charge in [-0.15, -0.1) is 24.0 Å². The van der Waals surface area contributed by atoms with Gasteiger partial charge in [-0.3, -0.25) is 0 Å². The third-order valence-electron chi connectivity index (χ3n) is 4.43. The summed E-state index contributed by atoms with van der Waals surface area (Å²) in [5.41, 5.74) is 4.02. The highest BCUT2D eigenvalue weighted by atomic mass is 127. The molecule has 0 unspecified atom stereocenters. The summed E-state index contributed by atoms with van der Waals surface area (Å²) >= 11 is 0. The number of hydrogen-bond donors (Lipinski definition) is 2. The molecule has 0 spiro atoms. The highest BCUT2D eigenvalue weighted by molar-refractivity contribution is 14.0. The van der Waals surface area contributed by atoms with Gasteiger partial charge in [0.05, 0.1) is 18.0 Å². The minimum atomic E-state index is -3.21. The van der Waals surface area contributed by atoms with Gasteiger partial charge in [0.15, 0.2) is 15.8 Å². The molecule has 0 heterocycles. The third-order valence-corrected chi connectivity index (χ3v) is 5.69. The molecule has 0 amide bonds. The lowest BCUT2D eigenvalue weighted by Gasteiger charge is -2.14. The van der Waals surface area contributed by atoms with Crippen LogP contribution in [0.1, 0.15) is 36.1 Å². The molecule has 0 aliphatic rings. The molecule has 0 bridgehead atoms. The number of guanidine groups is 1. The van der Waals surface area contributed by atoms with Crippen LogP contribution in [0.2, 0.25) is 0 Å². The number of rotatable bonds is 9. The van der Waals surface area contributed by atoms with E-state index in [2.05, 4.69) is 27.8 Å². The van der Waals surface area contributed by atoms with Crippen molar-refractivity contribution in [2.45, 2.75) is 45.4 Å². The first-order valence-corrected chi connectivity index (χ1v) is 11.7. The highest BCUT2D eigenvalue weighted by Gasteiger charge is 2.11. The Bertz CT molecular complexity index is 946. The summed E-state index contributed by atoms with van der Waals surface area (Å²) in [7, 11) is -3.21. The second kappa shape index (κ2) is 12.9. The molecule has 166 valence electrons. The number of nitrogens with one attached hydrogen (secondary N) is 2. The van der Waals surface area contributed by atoms with Crippen LogP contribution in [0, 0.1) is 6.92 Å². The number of benzene rings is 2. The van der Waals surface area contributed by atoms with Gasteiger partial charge in [-0.25, -0.2) is 13.4 Å². The third kappa shape index (κ3) is 8.23. The number of hydrogen-bond acceptors (Lipinski definition) is 4. The van der Waals surface area contributed by atoms with E-state index in [0.717, 1.165) is 23.2 Å². The fraction of sp³-hybridized carbons (Fsp3) is 0.409. The summed E-state index contributed by atoms with van der Waals surface area (Å²) < 4.78 is 29.1. The first kappa shape index (κ1) is 26.4. The molecule has 0 fully saturated rings. The smallest absolute Gasteiger partial charge is 0.191 e. The number of aryl methyl sites for hydroxylation is 1. The summed E-state index contributed by atoms with van der Waals surface area (Å²) in [5.74, 6) is 0.712. The van der Waals surface area contributed by atoms with Gasteiger partial charge in [-0.05, 0) is 49.1 Å². The van der Waals surface area contributed by atoms with Crippen LogP contribution in [0.5, 0.6) is 0 Å². The summed E-state index contributed by atoms with van der Waals surface area (Å²) in [6.45, 7) is 8.94. The molecule has 30 heavy (non-hydrogen) atoms. The predicted octanol–water partition coefficient (Wildman–Crippen LogP) is 3.81. The van der Waals surface area contributed by atoms with Crippen LogP contribution in [-0.4, -0.2) is 33.8 Å². The minimum absolute atomic E-state index is 0. The molecular weight excluding hydrogens is 513 g/mol. The van der Waals surface area contributed by atoms with Gasteiger partial charge in [0.2, 0.25) is 0 Å². The Labute approximate surface area is 197 Å². The Hall–Kier alpha value is -1.65. The molecule has 0 aliphatic heterocycles. The van der Waals surface area contributed by atoms with Gasteiger partial charge < -0.3 is 15.4 Å². The van der Waals surface area contributed by atoms with E-state index in [0.29, 0.717) is 37.2 Å². The van der Waals surface area contributed by atoms with E-state index in [1.807, 2.05) is 45.0 Å². The van der Waals surface area contributed by atoms with E-state index >= 15 is 0 Å². The Morgan fingerprint density at radius 2 is 1.77 bits per heavy atom. The van der Waals surface area contributed by atoms with Crippen molar-refractivity contribution in [2.75, 3.05) is 19.4 Å². The highest BCUT2D eigenvalue weighted by Crippen LogP contribution is 2.17. The van der Waals surface area contributed by atoms with Crippen LogP contribution < -0.4 is 10.6 Å². The van der Waals surface area contributed by atoms with Gasteiger partial charge in [-0.2, -0.15) is 0 Å². The molecule has 0 atom stereocenters. The molecule has 0 saturated heterocycles. The Kier molecular flexibility index (Phi) is 11.4. The summed E-state index contributed by atoms with van der Waals surface area (Å²) in [6, 6.07) is 13.5. The fourth-order valence-electron chi connectivity index (χ4n) is 3.00. The molecule has 0 saturated carbocycles. The van der Waals surface area contributed by atoms with Crippen LogP contribution in [0.15, 0.2) is 52.4 Å². The Balaban J connectivity index is 0.00000450. The van der Waals surface area contributed by atoms with Crippen molar-refractivity contribution in [1.82, 2.24) is 10.6 Å². The maximum Gasteiger partial charge on any atom is 0.191 e. The van der Waals surface area contributed by atoms with Crippen LogP contribution in [0.4, 0.5) is 0 Å². The van der Waals surface area contributed by atoms with Crippen molar-refractivity contribution >= 4 is 39.8 Å². The lowest BCUT2D eigenvalue weighted by molar-refractivity contribution is 0.133. The topological polar surface area (TPSA) is 79.8 Å². The van der Waals surface area contributed by atoms with Crippen molar-refractivity contribution < 1.29 is 13.2 Å². The molecule has 0 aliphatic carbocycles. The number of ether oxygens (including phenoxy) is 1. The van der Waals surface area contributed by atoms with Gasteiger partial charge >= 0.3 is 0 Å². The fourth-order valence-corrected chi connectivity index (χ4v) is 3.96. The number of sulfone groups is 1. The summed E-state index contributed by atoms with van der Waals surface area (Å²) in [5, 5.41) is 6.61. The van der Waals surface area contributed by atoms with Crippen LogP contribution in [0.3, 0.4) is 0 Å².